The third-order valence-electron chi connectivity index (χ3n) is 5.96. The van der Waals surface area contributed by atoms with Crippen molar-refractivity contribution < 1.29 is 17.9 Å². The number of benzene rings is 2. The maximum Gasteiger partial charge on any atom is 0.243 e. The Morgan fingerprint density at radius 1 is 1.03 bits per heavy atom. The minimum atomic E-state index is -3.54. The third kappa shape index (κ3) is 4.84. The summed E-state index contributed by atoms with van der Waals surface area (Å²) in [6.07, 6.45) is 1.86. The Morgan fingerprint density at radius 2 is 1.60 bits per heavy atom. The quantitative estimate of drug-likeness (QED) is 0.731. The van der Waals surface area contributed by atoms with Crippen LogP contribution in [-0.4, -0.2) is 38.8 Å². The molecule has 7 heteroatoms. The largest absolute Gasteiger partial charge is 0.497 e. The molecule has 1 N–H and O–H groups in total. The smallest absolute Gasteiger partial charge is 0.243 e. The van der Waals surface area contributed by atoms with Gasteiger partial charge in [-0.1, -0.05) is 38.1 Å². The number of amides is 1. The zero-order valence-corrected chi connectivity index (χ0v) is 18.7. The monoisotopic (exact) mass is 430 g/mol. The van der Waals surface area contributed by atoms with E-state index >= 15 is 0 Å². The van der Waals surface area contributed by atoms with Crippen LogP contribution in [0, 0.1) is 5.41 Å². The highest BCUT2D eigenvalue weighted by molar-refractivity contribution is 7.89. The first-order valence-corrected chi connectivity index (χ1v) is 11.7. The van der Waals surface area contributed by atoms with Gasteiger partial charge in [-0.25, -0.2) is 8.42 Å². The summed E-state index contributed by atoms with van der Waals surface area (Å²) in [5, 5.41) is 3.00. The maximum absolute atomic E-state index is 12.9. The van der Waals surface area contributed by atoms with E-state index in [1.807, 2.05) is 50.2 Å². The first-order chi connectivity index (χ1) is 14.3. The zero-order chi connectivity index (χ0) is 21.8. The molecular weight excluding hydrogens is 400 g/mol. The van der Waals surface area contributed by atoms with Crippen LogP contribution in [0.1, 0.15) is 37.8 Å². The molecule has 0 aromatic heterocycles. The predicted octanol–water partition coefficient (Wildman–Crippen LogP) is 3.36. The van der Waals surface area contributed by atoms with E-state index in [-0.39, 0.29) is 5.91 Å². The first-order valence-electron chi connectivity index (χ1n) is 10.3. The topological polar surface area (TPSA) is 75.7 Å². The van der Waals surface area contributed by atoms with Gasteiger partial charge < -0.3 is 10.1 Å². The molecule has 0 spiro atoms. The molecule has 1 fully saturated rings. The van der Waals surface area contributed by atoms with Gasteiger partial charge in [-0.3, -0.25) is 4.79 Å². The molecule has 0 saturated carbocycles. The van der Waals surface area contributed by atoms with Gasteiger partial charge in [-0.05, 0) is 54.7 Å². The van der Waals surface area contributed by atoms with Crippen molar-refractivity contribution in [3.05, 3.63) is 59.7 Å². The van der Waals surface area contributed by atoms with Crippen molar-refractivity contribution in [1.82, 2.24) is 9.62 Å². The van der Waals surface area contributed by atoms with Gasteiger partial charge in [-0.15, -0.1) is 0 Å². The molecule has 0 unspecified atom stereocenters. The van der Waals surface area contributed by atoms with Crippen molar-refractivity contribution in [2.24, 2.45) is 5.41 Å². The van der Waals surface area contributed by atoms with Gasteiger partial charge >= 0.3 is 0 Å². The summed E-state index contributed by atoms with van der Waals surface area (Å²) in [4.78, 5) is 13.1. The highest BCUT2D eigenvalue weighted by Gasteiger charge is 2.40. The molecular formula is C23H30N2O4S. The number of methoxy groups -OCH3 is 1. The summed E-state index contributed by atoms with van der Waals surface area (Å²) in [5.74, 6) is 0.734. The fourth-order valence-electron chi connectivity index (χ4n) is 3.63. The number of nitrogens with zero attached hydrogens (tertiary/aromatic N) is 1. The molecule has 2 aromatic rings. The number of carbonyl (C=O) groups is 1. The lowest BCUT2D eigenvalue weighted by Gasteiger charge is -2.37. The van der Waals surface area contributed by atoms with Gasteiger partial charge in [0, 0.05) is 25.0 Å². The van der Waals surface area contributed by atoms with Crippen molar-refractivity contribution in [3.8, 4) is 5.75 Å². The average Bonchev–Trinajstić information content (AvgIpc) is 2.78. The average molecular weight is 431 g/mol. The standard InChI is InChI=1S/C23H30N2O4S/c1-4-18-7-11-21(12-8-18)30(27,28)25-15-13-23(2,14-16-25)22(26)24-17-19-5-9-20(29-3)10-6-19/h5-12H,4,13-17H2,1-3H3,(H,24,26). The number of rotatable bonds is 7. The molecule has 1 amide bonds. The normalized spacial score (nSPS) is 16.8. The third-order valence-corrected chi connectivity index (χ3v) is 7.87. The summed E-state index contributed by atoms with van der Waals surface area (Å²) >= 11 is 0. The van der Waals surface area contributed by atoms with Crippen LogP contribution in [0.4, 0.5) is 0 Å². The van der Waals surface area contributed by atoms with Gasteiger partial charge in [0.05, 0.1) is 12.0 Å². The molecule has 2 aromatic carbocycles. The molecule has 3 rings (SSSR count). The highest BCUT2D eigenvalue weighted by atomic mass is 32.2. The van der Waals surface area contributed by atoms with E-state index in [4.69, 9.17) is 4.74 Å². The second-order valence-electron chi connectivity index (χ2n) is 7.99. The molecule has 1 aliphatic rings. The van der Waals surface area contributed by atoms with E-state index in [1.165, 1.54) is 4.31 Å². The predicted molar refractivity (Wildman–Crippen MR) is 117 cm³/mol. The van der Waals surface area contributed by atoms with Crippen LogP contribution >= 0.6 is 0 Å². The lowest BCUT2D eigenvalue weighted by molar-refractivity contribution is -0.132. The molecule has 0 aliphatic carbocycles. The summed E-state index contributed by atoms with van der Waals surface area (Å²) in [5.41, 5.74) is 1.52. The Morgan fingerprint density at radius 3 is 2.13 bits per heavy atom. The van der Waals surface area contributed by atoms with Crippen LogP contribution in [0.3, 0.4) is 0 Å². The molecule has 1 aliphatic heterocycles. The summed E-state index contributed by atoms with van der Waals surface area (Å²) in [6.45, 7) is 5.06. The first kappa shape index (κ1) is 22.3. The van der Waals surface area contributed by atoms with Gasteiger partial charge in [0.15, 0.2) is 0 Å². The number of piperidine rings is 1. The lowest BCUT2D eigenvalue weighted by Crippen LogP contribution is -2.48. The number of ether oxygens (including phenoxy) is 1. The van der Waals surface area contributed by atoms with Crippen LogP contribution < -0.4 is 10.1 Å². The number of nitrogens with one attached hydrogen (secondary N) is 1. The summed E-state index contributed by atoms with van der Waals surface area (Å²) in [6, 6.07) is 14.6. The number of aryl methyl sites for hydroxylation is 1. The minimum Gasteiger partial charge on any atom is -0.497 e. The zero-order valence-electron chi connectivity index (χ0n) is 17.8. The van der Waals surface area contributed by atoms with Crippen LogP contribution in [0.15, 0.2) is 53.4 Å². The summed E-state index contributed by atoms with van der Waals surface area (Å²) < 4.78 is 32.5. The molecule has 6 nitrogen and oxygen atoms in total. The SMILES string of the molecule is CCc1ccc(S(=O)(=O)N2CCC(C)(C(=O)NCc3ccc(OC)cc3)CC2)cc1. The van der Waals surface area contributed by atoms with Crippen molar-refractivity contribution >= 4 is 15.9 Å². The highest BCUT2D eigenvalue weighted by Crippen LogP contribution is 2.33. The number of carbonyl (C=O) groups excluding carboxylic acids is 1. The number of hydrogen-bond donors (Lipinski definition) is 1. The number of sulfonamides is 1. The molecule has 162 valence electrons. The molecule has 0 bridgehead atoms. The van der Waals surface area contributed by atoms with Crippen LogP contribution in [0.25, 0.3) is 0 Å². The van der Waals surface area contributed by atoms with Gasteiger partial charge in [0.1, 0.15) is 5.75 Å². The van der Waals surface area contributed by atoms with Crippen molar-refractivity contribution in [3.63, 3.8) is 0 Å². The maximum atomic E-state index is 12.9. The van der Waals surface area contributed by atoms with Crippen LogP contribution in [0.5, 0.6) is 5.75 Å². The van der Waals surface area contributed by atoms with Gasteiger partial charge in [0.2, 0.25) is 15.9 Å². The Bertz CT molecular complexity index is 961. The Balaban J connectivity index is 1.58. The van der Waals surface area contributed by atoms with E-state index in [2.05, 4.69) is 5.32 Å². The molecule has 0 atom stereocenters. The minimum absolute atomic E-state index is 0.0392. The molecule has 1 heterocycles. The van der Waals surface area contributed by atoms with Crippen LogP contribution in [0.2, 0.25) is 0 Å². The summed E-state index contributed by atoms with van der Waals surface area (Å²) in [7, 11) is -1.92. The lowest BCUT2D eigenvalue weighted by atomic mass is 9.80. The molecule has 0 radical (unpaired) electrons. The second-order valence-corrected chi connectivity index (χ2v) is 9.93. The number of hydrogen-bond acceptors (Lipinski definition) is 4. The van der Waals surface area contributed by atoms with Crippen LogP contribution in [-0.2, 0) is 27.8 Å². The Labute approximate surface area is 179 Å². The molecule has 30 heavy (non-hydrogen) atoms. The van der Waals surface area contributed by atoms with Gasteiger partial charge in [-0.2, -0.15) is 4.31 Å². The van der Waals surface area contributed by atoms with E-state index in [1.54, 1.807) is 19.2 Å². The van der Waals surface area contributed by atoms with E-state index in [0.29, 0.717) is 37.4 Å². The van der Waals surface area contributed by atoms with Crippen molar-refractivity contribution in [1.29, 1.82) is 0 Å². The van der Waals surface area contributed by atoms with E-state index in [9.17, 15) is 13.2 Å². The fourth-order valence-corrected chi connectivity index (χ4v) is 5.07. The Hall–Kier alpha value is -2.38. The Kier molecular flexibility index (Phi) is 6.83. The second kappa shape index (κ2) is 9.18. The fraction of sp³-hybridized carbons (Fsp3) is 0.435. The van der Waals surface area contributed by atoms with Crippen molar-refractivity contribution in [2.75, 3.05) is 20.2 Å². The van der Waals surface area contributed by atoms with Gasteiger partial charge in [0.25, 0.3) is 0 Å². The van der Waals surface area contributed by atoms with E-state index in [0.717, 1.165) is 23.3 Å². The molecule has 1 saturated heterocycles. The van der Waals surface area contributed by atoms with Crippen molar-refractivity contribution in [2.45, 2.75) is 44.6 Å². The van der Waals surface area contributed by atoms with E-state index < -0.39 is 15.4 Å².